The highest BCUT2D eigenvalue weighted by molar-refractivity contribution is 7.14. The Morgan fingerprint density at radius 1 is 1.04 bits per heavy atom. The highest BCUT2D eigenvalue weighted by Crippen LogP contribution is 2.24. The van der Waals surface area contributed by atoms with Crippen molar-refractivity contribution in [2.24, 2.45) is 0 Å². The number of aromatic nitrogens is 1. The van der Waals surface area contributed by atoms with Gasteiger partial charge in [0.1, 0.15) is 5.82 Å². The fourth-order valence-electron chi connectivity index (χ4n) is 2.25. The lowest BCUT2D eigenvalue weighted by Crippen LogP contribution is -2.27. The van der Waals surface area contributed by atoms with Gasteiger partial charge in [0.2, 0.25) is 5.91 Å². The van der Waals surface area contributed by atoms with Crippen LogP contribution in [0.4, 0.5) is 9.52 Å². The molecule has 3 rings (SSSR count). The van der Waals surface area contributed by atoms with Crippen LogP contribution in [0.15, 0.2) is 60.0 Å². The van der Waals surface area contributed by atoms with Gasteiger partial charge in [0.15, 0.2) is 5.13 Å². The van der Waals surface area contributed by atoms with Crippen LogP contribution in [0, 0.1) is 5.82 Å². The first-order valence-corrected chi connectivity index (χ1v) is 8.84. The number of hydrogen-bond donors (Lipinski definition) is 2. The van der Waals surface area contributed by atoms with Gasteiger partial charge in [-0.3, -0.25) is 9.59 Å². The van der Waals surface area contributed by atoms with E-state index in [4.69, 9.17) is 0 Å². The number of thiazole rings is 1. The van der Waals surface area contributed by atoms with Crippen molar-refractivity contribution in [3.05, 3.63) is 71.4 Å². The molecule has 0 saturated heterocycles. The van der Waals surface area contributed by atoms with E-state index in [0.717, 1.165) is 11.3 Å². The first-order valence-electron chi connectivity index (χ1n) is 7.96. The molecule has 0 unspecified atom stereocenters. The lowest BCUT2D eigenvalue weighted by molar-refractivity contribution is -0.116. The Balaban J connectivity index is 1.46. The van der Waals surface area contributed by atoms with Crippen molar-refractivity contribution >= 4 is 28.3 Å². The highest BCUT2D eigenvalue weighted by atomic mass is 32.1. The number of amides is 2. The van der Waals surface area contributed by atoms with E-state index in [2.05, 4.69) is 15.6 Å². The molecule has 3 aromatic rings. The second kappa shape index (κ2) is 8.35. The second-order valence-corrected chi connectivity index (χ2v) is 6.32. The van der Waals surface area contributed by atoms with Crippen LogP contribution < -0.4 is 10.6 Å². The monoisotopic (exact) mass is 369 g/mol. The van der Waals surface area contributed by atoms with Gasteiger partial charge < -0.3 is 10.6 Å². The molecular weight excluding hydrogens is 353 g/mol. The Labute approximate surface area is 153 Å². The molecule has 1 aromatic heterocycles. The summed E-state index contributed by atoms with van der Waals surface area (Å²) in [4.78, 5) is 28.2. The lowest BCUT2D eigenvalue weighted by atomic mass is 10.2. The third-order valence-corrected chi connectivity index (χ3v) is 4.32. The molecule has 0 aliphatic heterocycles. The van der Waals surface area contributed by atoms with Gasteiger partial charge in [0, 0.05) is 29.5 Å². The smallest absolute Gasteiger partial charge is 0.251 e. The van der Waals surface area contributed by atoms with Gasteiger partial charge in [-0.15, -0.1) is 11.3 Å². The van der Waals surface area contributed by atoms with Crippen molar-refractivity contribution in [2.75, 3.05) is 11.9 Å². The summed E-state index contributed by atoms with van der Waals surface area (Å²) in [6.45, 7) is 0.180. The predicted octanol–water partition coefficient (Wildman–Crippen LogP) is 3.71. The van der Waals surface area contributed by atoms with Crippen molar-refractivity contribution in [1.29, 1.82) is 0 Å². The Morgan fingerprint density at radius 2 is 1.77 bits per heavy atom. The van der Waals surface area contributed by atoms with Gasteiger partial charge >= 0.3 is 0 Å². The minimum atomic E-state index is -0.403. The molecule has 0 bridgehead atoms. The van der Waals surface area contributed by atoms with E-state index in [0.29, 0.717) is 10.7 Å². The first-order chi connectivity index (χ1) is 12.6. The van der Waals surface area contributed by atoms with Crippen LogP contribution in [-0.4, -0.2) is 23.3 Å². The molecule has 5 nitrogen and oxygen atoms in total. The molecule has 2 N–H and O–H groups in total. The maximum atomic E-state index is 12.8. The van der Waals surface area contributed by atoms with Crippen molar-refractivity contribution < 1.29 is 14.0 Å². The Morgan fingerprint density at radius 3 is 2.50 bits per heavy atom. The fraction of sp³-hybridized carbons (Fsp3) is 0.105. The summed E-state index contributed by atoms with van der Waals surface area (Å²) in [5, 5.41) is 7.74. The zero-order valence-corrected chi connectivity index (χ0v) is 14.6. The number of halogens is 1. The molecule has 1 heterocycles. The van der Waals surface area contributed by atoms with Crippen molar-refractivity contribution in [2.45, 2.75) is 6.42 Å². The van der Waals surface area contributed by atoms with Crippen LogP contribution >= 0.6 is 11.3 Å². The predicted molar refractivity (Wildman–Crippen MR) is 99.5 cm³/mol. The zero-order chi connectivity index (χ0) is 18.4. The second-order valence-electron chi connectivity index (χ2n) is 5.46. The lowest BCUT2D eigenvalue weighted by Gasteiger charge is -2.05. The third-order valence-electron chi connectivity index (χ3n) is 3.56. The molecule has 0 aliphatic carbocycles. The summed E-state index contributed by atoms with van der Waals surface area (Å²) in [6.07, 6.45) is 0.118. The number of hydrogen-bond acceptors (Lipinski definition) is 4. The van der Waals surface area contributed by atoms with Crippen molar-refractivity contribution in [3.8, 4) is 11.3 Å². The quantitative estimate of drug-likeness (QED) is 0.696. The zero-order valence-electron chi connectivity index (χ0n) is 13.7. The largest absolute Gasteiger partial charge is 0.352 e. The number of carbonyl (C=O) groups excluding carboxylic acids is 2. The molecule has 0 radical (unpaired) electrons. The van der Waals surface area contributed by atoms with E-state index in [1.54, 1.807) is 0 Å². The van der Waals surface area contributed by atoms with Gasteiger partial charge in [-0.05, 0) is 24.3 Å². The first kappa shape index (κ1) is 17.8. The fourth-order valence-corrected chi connectivity index (χ4v) is 2.98. The standard InChI is InChI=1S/C19H16FN3O2S/c20-15-8-6-14(7-9-15)18(25)21-11-10-17(24)23-19-22-16(12-26-19)13-4-2-1-3-5-13/h1-9,12H,10-11H2,(H,21,25)(H,22,23,24). The van der Waals surface area contributed by atoms with Crippen LogP contribution in [0.1, 0.15) is 16.8 Å². The Kier molecular flexibility index (Phi) is 5.70. The number of rotatable bonds is 6. The normalized spacial score (nSPS) is 10.3. The maximum absolute atomic E-state index is 12.8. The highest BCUT2D eigenvalue weighted by Gasteiger charge is 2.09. The molecule has 0 aliphatic rings. The van der Waals surface area contributed by atoms with Crippen molar-refractivity contribution in [3.63, 3.8) is 0 Å². The molecule has 0 atom stereocenters. The summed E-state index contributed by atoms with van der Waals surface area (Å²) in [7, 11) is 0. The van der Waals surface area contributed by atoms with E-state index in [1.165, 1.54) is 35.6 Å². The van der Waals surface area contributed by atoms with Gasteiger partial charge in [-0.1, -0.05) is 30.3 Å². The van der Waals surface area contributed by atoms with Crippen LogP contribution in [-0.2, 0) is 4.79 Å². The van der Waals surface area contributed by atoms with Crippen LogP contribution in [0.25, 0.3) is 11.3 Å². The summed E-state index contributed by atoms with van der Waals surface area (Å²) in [6, 6.07) is 14.9. The number of nitrogens with one attached hydrogen (secondary N) is 2. The van der Waals surface area contributed by atoms with Crippen LogP contribution in [0.5, 0.6) is 0 Å². The van der Waals surface area contributed by atoms with E-state index in [9.17, 15) is 14.0 Å². The van der Waals surface area contributed by atoms with Crippen LogP contribution in [0.3, 0.4) is 0 Å². The molecule has 0 spiro atoms. The molecular formula is C19H16FN3O2S. The average Bonchev–Trinajstić information content (AvgIpc) is 3.11. The molecule has 0 saturated carbocycles. The molecule has 26 heavy (non-hydrogen) atoms. The van der Waals surface area contributed by atoms with E-state index < -0.39 is 5.82 Å². The van der Waals surface area contributed by atoms with E-state index in [-0.39, 0.29) is 24.8 Å². The molecule has 2 amide bonds. The summed E-state index contributed by atoms with van der Waals surface area (Å²) in [5.74, 6) is -0.990. The van der Waals surface area contributed by atoms with Gasteiger partial charge in [0.05, 0.1) is 5.69 Å². The Hall–Kier alpha value is -3.06. The topological polar surface area (TPSA) is 71.1 Å². The summed E-state index contributed by atoms with van der Waals surface area (Å²) in [5.41, 5.74) is 2.13. The van der Waals surface area contributed by atoms with E-state index in [1.807, 2.05) is 35.7 Å². The van der Waals surface area contributed by atoms with Crippen molar-refractivity contribution in [1.82, 2.24) is 10.3 Å². The molecule has 132 valence electrons. The van der Waals surface area contributed by atoms with Crippen LogP contribution in [0.2, 0.25) is 0 Å². The molecule has 7 heteroatoms. The van der Waals surface area contributed by atoms with Gasteiger partial charge in [0.25, 0.3) is 5.91 Å². The minimum absolute atomic E-state index is 0.118. The summed E-state index contributed by atoms with van der Waals surface area (Å²) < 4.78 is 12.8. The number of nitrogens with zero attached hydrogens (tertiary/aromatic N) is 1. The molecule has 2 aromatic carbocycles. The summed E-state index contributed by atoms with van der Waals surface area (Å²) >= 11 is 1.34. The molecule has 0 fully saturated rings. The Bertz CT molecular complexity index is 895. The minimum Gasteiger partial charge on any atom is -0.352 e. The van der Waals surface area contributed by atoms with Gasteiger partial charge in [-0.25, -0.2) is 9.37 Å². The SMILES string of the molecule is O=C(CCNC(=O)c1ccc(F)cc1)Nc1nc(-c2ccccc2)cs1. The number of carbonyl (C=O) groups is 2. The van der Waals surface area contributed by atoms with Gasteiger partial charge in [-0.2, -0.15) is 0 Å². The van der Waals surface area contributed by atoms with E-state index >= 15 is 0 Å². The average molecular weight is 369 g/mol. The number of anilines is 1. The third kappa shape index (κ3) is 4.73. The maximum Gasteiger partial charge on any atom is 0.251 e. The number of benzene rings is 2.